The molecule has 4 rings (SSSR count). The molecule has 8 heteroatoms. The van der Waals surface area contributed by atoms with Crippen LogP contribution in [0.4, 0.5) is 5.82 Å². The van der Waals surface area contributed by atoms with E-state index in [9.17, 15) is 0 Å². The van der Waals surface area contributed by atoms with Crippen molar-refractivity contribution in [1.82, 2.24) is 15.6 Å². The molecule has 0 atom stereocenters. The number of ether oxygens (including phenoxy) is 1. The molecule has 0 radical (unpaired) electrons. The summed E-state index contributed by atoms with van der Waals surface area (Å²) < 4.78 is 10.7. The Morgan fingerprint density at radius 2 is 1.94 bits per heavy atom. The van der Waals surface area contributed by atoms with Gasteiger partial charge in [-0.3, -0.25) is 0 Å². The third-order valence-corrected chi connectivity index (χ3v) is 5.63. The highest BCUT2D eigenvalue weighted by Gasteiger charge is 2.20. The van der Waals surface area contributed by atoms with Gasteiger partial charge in [0.25, 0.3) is 0 Å². The lowest BCUT2D eigenvalue weighted by Gasteiger charge is -2.33. The highest BCUT2D eigenvalue weighted by molar-refractivity contribution is 14.0. The van der Waals surface area contributed by atoms with Gasteiger partial charge >= 0.3 is 0 Å². The van der Waals surface area contributed by atoms with Crippen molar-refractivity contribution in [1.29, 1.82) is 0 Å². The van der Waals surface area contributed by atoms with Gasteiger partial charge < -0.3 is 24.7 Å². The maximum Gasteiger partial charge on any atom is 0.191 e. The molecule has 0 spiro atoms. The summed E-state index contributed by atoms with van der Waals surface area (Å²) in [5, 5.41) is 7.11. The van der Waals surface area contributed by atoms with Crippen molar-refractivity contribution < 1.29 is 9.15 Å². The van der Waals surface area contributed by atoms with E-state index in [0.717, 1.165) is 67.7 Å². The highest BCUT2D eigenvalue weighted by atomic mass is 127. The summed E-state index contributed by atoms with van der Waals surface area (Å²) >= 11 is 0. The van der Waals surface area contributed by atoms with Crippen LogP contribution in [0.2, 0.25) is 0 Å². The fourth-order valence-electron chi connectivity index (χ4n) is 3.80. The van der Waals surface area contributed by atoms with E-state index < -0.39 is 0 Å². The van der Waals surface area contributed by atoms with Gasteiger partial charge in [0.05, 0.1) is 19.9 Å². The van der Waals surface area contributed by atoms with Crippen LogP contribution < -0.4 is 20.3 Å². The number of furan rings is 1. The van der Waals surface area contributed by atoms with Crippen molar-refractivity contribution in [3.63, 3.8) is 0 Å². The molecule has 7 nitrogen and oxygen atoms in total. The Morgan fingerprint density at radius 1 is 1.12 bits per heavy atom. The van der Waals surface area contributed by atoms with Crippen molar-refractivity contribution in [2.24, 2.45) is 4.99 Å². The van der Waals surface area contributed by atoms with Gasteiger partial charge in [0, 0.05) is 38.3 Å². The van der Waals surface area contributed by atoms with Crippen molar-refractivity contribution in [3.8, 4) is 5.75 Å². The normalized spacial score (nSPS) is 14.5. The SMILES string of the molecule is COc1ccc(CN=C(NCCc2ccco2)NC2CCN(c3ccccn3)CC2)cc1.I. The first-order valence-corrected chi connectivity index (χ1v) is 11.2. The average Bonchev–Trinajstić information content (AvgIpc) is 3.37. The Bertz CT molecular complexity index is 956. The van der Waals surface area contributed by atoms with Crippen molar-refractivity contribution in [2.45, 2.75) is 31.8 Å². The minimum absolute atomic E-state index is 0. The van der Waals surface area contributed by atoms with E-state index in [1.807, 2.05) is 54.7 Å². The van der Waals surface area contributed by atoms with Gasteiger partial charge in [-0.1, -0.05) is 18.2 Å². The number of nitrogens with zero attached hydrogens (tertiary/aromatic N) is 3. The van der Waals surface area contributed by atoms with E-state index in [-0.39, 0.29) is 24.0 Å². The lowest BCUT2D eigenvalue weighted by Crippen LogP contribution is -2.49. The number of guanidine groups is 1. The Morgan fingerprint density at radius 3 is 2.61 bits per heavy atom. The Kier molecular flexibility index (Phi) is 9.86. The fourth-order valence-corrected chi connectivity index (χ4v) is 3.80. The fraction of sp³-hybridized carbons (Fsp3) is 0.360. The molecule has 1 fully saturated rings. The first-order valence-electron chi connectivity index (χ1n) is 11.2. The van der Waals surface area contributed by atoms with Crippen LogP contribution in [0.15, 0.2) is 76.5 Å². The number of rotatable bonds is 8. The van der Waals surface area contributed by atoms with Crippen LogP contribution in [0, 0.1) is 0 Å². The molecule has 176 valence electrons. The number of nitrogens with one attached hydrogen (secondary N) is 2. The number of piperidine rings is 1. The van der Waals surface area contributed by atoms with E-state index in [2.05, 4.69) is 26.6 Å². The number of anilines is 1. The van der Waals surface area contributed by atoms with Gasteiger partial charge in [-0.15, -0.1) is 24.0 Å². The second kappa shape index (κ2) is 13.1. The summed E-state index contributed by atoms with van der Waals surface area (Å²) in [4.78, 5) is 11.7. The number of halogens is 1. The zero-order valence-corrected chi connectivity index (χ0v) is 21.3. The maximum absolute atomic E-state index is 5.45. The first-order chi connectivity index (χ1) is 15.8. The molecule has 0 aliphatic carbocycles. The van der Waals surface area contributed by atoms with Crippen LogP contribution >= 0.6 is 24.0 Å². The van der Waals surface area contributed by atoms with E-state index in [1.165, 1.54) is 0 Å². The van der Waals surface area contributed by atoms with Crippen LogP contribution in [0.3, 0.4) is 0 Å². The van der Waals surface area contributed by atoms with Gasteiger partial charge in [-0.25, -0.2) is 9.98 Å². The van der Waals surface area contributed by atoms with Gasteiger partial charge in [0.15, 0.2) is 5.96 Å². The quantitative estimate of drug-likeness (QED) is 0.244. The second-order valence-electron chi connectivity index (χ2n) is 7.86. The molecule has 3 heterocycles. The number of benzene rings is 1. The predicted molar refractivity (Wildman–Crippen MR) is 143 cm³/mol. The molecule has 0 bridgehead atoms. The Balaban J connectivity index is 0.00000306. The van der Waals surface area contributed by atoms with Crippen LogP contribution in [-0.2, 0) is 13.0 Å². The molecule has 0 unspecified atom stereocenters. The van der Waals surface area contributed by atoms with E-state index >= 15 is 0 Å². The smallest absolute Gasteiger partial charge is 0.191 e. The number of aromatic nitrogens is 1. The third kappa shape index (κ3) is 7.66. The lowest BCUT2D eigenvalue weighted by atomic mass is 10.1. The number of methoxy groups -OCH3 is 1. The lowest BCUT2D eigenvalue weighted by molar-refractivity contribution is 0.414. The van der Waals surface area contributed by atoms with Crippen molar-refractivity contribution >= 4 is 35.8 Å². The minimum atomic E-state index is 0. The standard InChI is InChI=1S/C25H31N5O2.HI/c1-31-22-9-7-20(8-10-22)19-28-25(27-15-11-23-5-4-18-32-23)29-21-12-16-30(17-13-21)24-6-2-3-14-26-24;/h2-10,14,18,21H,11-13,15-17,19H2,1H3,(H2,27,28,29);1H. The molecule has 33 heavy (non-hydrogen) atoms. The Labute approximate surface area is 212 Å². The second-order valence-corrected chi connectivity index (χ2v) is 7.86. The van der Waals surface area contributed by atoms with E-state index in [1.54, 1.807) is 13.4 Å². The molecule has 3 aromatic rings. The highest BCUT2D eigenvalue weighted by Crippen LogP contribution is 2.17. The molecular formula is C25H32IN5O2. The third-order valence-electron chi connectivity index (χ3n) is 5.63. The summed E-state index contributed by atoms with van der Waals surface area (Å²) in [6.45, 7) is 3.32. The monoisotopic (exact) mass is 561 g/mol. The molecule has 2 aromatic heterocycles. The molecule has 1 aromatic carbocycles. The summed E-state index contributed by atoms with van der Waals surface area (Å²) in [5.74, 6) is 3.71. The number of hydrogen-bond acceptors (Lipinski definition) is 5. The number of hydrogen-bond donors (Lipinski definition) is 2. The van der Waals surface area contributed by atoms with Crippen LogP contribution in [0.25, 0.3) is 0 Å². The van der Waals surface area contributed by atoms with Crippen molar-refractivity contribution in [3.05, 3.63) is 78.4 Å². The number of pyridine rings is 1. The topological polar surface area (TPSA) is 74.9 Å². The van der Waals surface area contributed by atoms with E-state index in [4.69, 9.17) is 14.1 Å². The summed E-state index contributed by atoms with van der Waals surface area (Å²) in [6, 6.07) is 18.4. The summed E-state index contributed by atoms with van der Waals surface area (Å²) in [6.07, 6.45) is 6.46. The average molecular weight is 561 g/mol. The van der Waals surface area contributed by atoms with E-state index in [0.29, 0.717) is 12.6 Å². The zero-order valence-electron chi connectivity index (χ0n) is 18.9. The molecule has 1 aliphatic rings. The van der Waals surface area contributed by atoms with Crippen molar-refractivity contribution in [2.75, 3.05) is 31.6 Å². The van der Waals surface area contributed by atoms with Gasteiger partial charge in [0.1, 0.15) is 17.3 Å². The van der Waals surface area contributed by atoms with Crippen LogP contribution in [-0.4, -0.2) is 43.7 Å². The largest absolute Gasteiger partial charge is 0.497 e. The maximum atomic E-state index is 5.45. The van der Waals surface area contributed by atoms with Crippen LogP contribution in [0.1, 0.15) is 24.2 Å². The van der Waals surface area contributed by atoms with Gasteiger partial charge in [0.2, 0.25) is 0 Å². The molecule has 1 aliphatic heterocycles. The minimum Gasteiger partial charge on any atom is -0.497 e. The van der Waals surface area contributed by atoms with Gasteiger partial charge in [-0.05, 0) is 54.8 Å². The Hall–Kier alpha value is -2.75. The molecular weight excluding hydrogens is 529 g/mol. The molecule has 1 saturated heterocycles. The molecule has 0 saturated carbocycles. The summed E-state index contributed by atoms with van der Waals surface area (Å²) in [7, 11) is 1.68. The number of aliphatic imine (C=N–C) groups is 1. The van der Waals surface area contributed by atoms with Crippen LogP contribution in [0.5, 0.6) is 5.75 Å². The van der Waals surface area contributed by atoms with Gasteiger partial charge in [-0.2, -0.15) is 0 Å². The zero-order chi connectivity index (χ0) is 22.0. The summed E-state index contributed by atoms with van der Waals surface area (Å²) in [5.41, 5.74) is 1.14. The predicted octanol–water partition coefficient (Wildman–Crippen LogP) is 4.25. The first kappa shape index (κ1) is 24.9. The molecule has 0 amide bonds. The molecule has 2 N–H and O–H groups in total.